The van der Waals surface area contributed by atoms with E-state index in [-0.39, 0.29) is 6.10 Å². The zero-order valence-electron chi connectivity index (χ0n) is 11.7. The highest BCUT2D eigenvalue weighted by Crippen LogP contribution is 2.20. The molecule has 0 bridgehead atoms. The van der Waals surface area contributed by atoms with Crippen LogP contribution in [-0.4, -0.2) is 50.2 Å². The molecule has 0 aromatic heterocycles. The highest BCUT2D eigenvalue weighted by molar-refractivity contribution is 4.67. The zero-order chi connectivity index (χ0) is 13.1. The van der Waals surface area contributed by atoms with Crippen LogP contribution in [0.3, 0.4) is 0 Å². The molecule has 0 saturated heterocycles. The molecule has 0 heterocycles. The average Bonchev–Trinajstić information content (AvgIpc) is 2.41. The van der Waals surface area contributed by atoms with Gasteiger partial charge in [0.05, 0.1) is 18.8 Å². The van der Waals surface area contributed by atoms with Crippen LogP contribution < -0.4 is 5.32 Å². The molecule has 0 aromatic carbocycles. The number of aliphatic hydroxyl groups excluding tert-OH is 1. The molecule has 1 unspecified atom stereocenters. The predicted octanol–water partition coefficient (Wildman–Crippen LogP) is 1.71. The minimum absolute atomic E-state index is 0.381. The molecule has 0 radical (unpaired) electrons. The number of aliphatic hydroxyl groups is 1. The fourth-order valence-electron chi connectivity index (χ4n) is 2.25. The van der Waals surface area contributed by atoms with E-state index in [0.717, 1.165) is 39.0 Å². The fourth-order valence-corrected chi connectivity index (χ4v) is 2.25. The lowest BCUT2D eigenvalue weighted by atomic mass is 9.98. The van der Waals surface area contributed by atoms with Gasteiger partial charge < -0.3 is 19.9 Å². The molecule has 1 aliphatic carbocycles. The van der Waals surface area contributed by atoms with E-state index in [1.807, 2.05) is 6.92 Å². The van der Waals surface area contributed by atoms with Crippen molar-refractivity contribution in [3.63, 3.8) is 0 Å². The Balaban J connectivity index is 1.88. The second kappa shape index (κ2) is 10.7. The van der Waals surface area contributed by atoms with Crippen molar-refractivity contribution in [2.75, 3.05) is 32.9 Å². The second-order valence-corrected chi connectivity index (χ2v) is 5.00. The van der Waals surface area contributed by atoms with E-state index in [9.17, 15) is 5.11 Å². The Kier molecular flexibility index (Phi) is 9.48. The Morgan fingerprint density at radius 3 is 2.78 bits per heavy atom. The first-order valence-electron chi connectivity index (χ1n) is 7.41. The Morgan fingerprint density at radius 2 is 2.06 bits per heavy atom. The molecule has 2 N–H and O–H groups in total. The van der Waals surface area contributed by atoms with Gasteiger partial charge >= 0.3 is 0 Å². The largest absolute Gasteiger partial charge is 0.389 e. The van der Waals surface area contributed by atoms with Gasteiger partial charge in [-0.1, -0.05) is 19.3 Å². The molecule has 0 aromatic rings. The van der Waals surface area contributed by atoms with Gasteiger partial charge in [-0.05, 0) is 32.7 Å². The van der Waals surface area contributed by atoms with Gasteiger partial charge in [0, 0.05) is 19.8 Å². The number of hydrogen-bond acceptors (Lipinski definition) is 4. The van der Waals surface area contributed by atoms with E-state index in [2.05, 4.69) is 5.32 Å². The van der Waals surface area contributed by atoms with Crippen molar-refractivity contribution in [1.82, 2.24) is 5.32 Å². The monoisotopic (exact) mass is 259 g/mol. The van der Waals surface area contributed by atoms with Gasteiger partial charge in [0.15, 0.2) is 0 Å². The van der Waals surface area contributed by atoms with Crippen LogP contribution in [0.1, 0.15) is 45.4 Å². The first-order valence-corrected chi connectivity index (χ1v) is 7.41. The van der Waals surface area contributed by atoms with Gasteiger partial charge in [-0.3, -0.25) is 0 Å². The molecule has 0 spiro atoms. The van der Waals surface area contributed by atoms with Gasteiger partial charge in [0.1, 0.15) is 0 Å². The van der Waals surface area contributed by atoms with Gasteiger partial charge in [-0.25, -0.2) is 0 Å². The van der Waals surface area contributed by atoms with E-state index < -0.39 is 0 Å². The van der Waals surface area contributed by atoms with Crippen molar-refractivity contribution in [3.8, 4) is 0 Å². The third-order valence-corrected chi connectivity index (χ3v) is 3.30. The second-order valence-electron chi connectivity index (χ2n) is 5.00. The molecule has 0 aliphatic heterocycles. The van der Waals surface area contributed by atoms with E-state index >= 15 is 0 Å². The highest BCUT2D eigenvalue weighted by Gasteiger charge is 2.15. The van der Waals surface area contributed by atoms with Gasteiger partial charge in [-0.15, -0.1) is 0 Å². The molecule has 18 heavy (non-hydrogen) atoms. The first-order chi connectivity index (χ1) is 8.83. The number of rotatable bonds is 10. The number of ether oxygens (including phenoxy) is 2. The maximum absolute atomic E-state index is 9.76. The van der Waals surface area contributed by atoms with Crippen LogP contribution in [0.15, 0.2) is 0 Å². The highest BCUT2D eigenvalue weighted by atomic mass is 16.5. The lowest BCUT2D eigenvalue weighted by Crippen LogP contribution is -2.33. The molecule has 1 fully saturated rings. The number of hydrogen-bond donors (Lipinski definition) is 2. The van der Waals surface area contributed by atoms with Crippen molar-refractivity contribution < 1.29 is 14.6 Å². The normalized spacial score (nSPS) is 19.0. The van der Waals surface area contributed by atoms with Crippen LogP contribution >= 0.6 is 0 Å². The summed E-state index contributed by atoms with van der Waals surface area (Å²) in [5.74, 6) is 0. The summed E-state index contributed by atoms with van der Waals surface area (Å²) in [7, 11) is 0. The van der Waals surface area contributed by atoms with Crippen LogP contribution in [0.4, 0.5) is 0 Å². The zero-order valence-corrected chi connectivity index (χ0v) is 11.7. The number of nitrogens with one attached hydrogen (secondary N) is 1. The Morgan fingerprint density at radius 1 is 1.28 bits per heavy atom. The Hall–Kier alpha value is -0.160. The van der Waals surface area contributed by atoms with E-state index in [0.29, 0.717) is 19.3 Å². The van der Waals surface area contributed by atoms with Gasteiger partial charge in [0.2, 0.25) is 0 Å². The van der Waals surface area contributed by atoms with Crippen LogP contribution in [0, 0.1) is 0 Å². The summed E-state index contributed by atoms with van der Waals surface area (Å²) in [5, 5.41) is 13.0. The average molecular weight is 259 g/mol. The molecule has 0 amide bonds. The molecule has 4 heteroatoms. The molecule has 1 atom stereocenters. The fraction of sp³-hybridized carbons (Fsp3) is 1.00. The summed E-state index contributed by atoms with van der Waals surface area (Å²) < 4.78 is 11.0. The van der Waals surface area contributed by atoms with Crippen LogP contribution in [-0.2, 0) is 9.47 Å². The maximum atomic E-state index is 9.76. The van der Waals surface area contributed by atoms with E-state index in [1.54, 1.807) is 0 Å². The van der Waals surface area contributed by atoms with Crippen LogP contribution in [0.2, 0.25) is 0 Å². The Bertz CT molecular complexity index is 184. The quantitative estimate of drug-likeness (QED) is 0.587. The first kappa shape index (κ1) is 15.9. The maximum Gasteiger partial charge on any atom is 0.0897 e. The predicted molar refractivity (Wildman–Crippen MR) is 72.8 cm³/mol. The minimum Gasteiger partial charge on any atom is -0.389 e. The summed E-state index contributed by atoms with van der Waals surface area (Å²) in [4.78, 5) is 0. The molecular formula is C14H29NO3. The summed E-state index contributed by atoms with van der Waals surface area (Å²) in [6.07, 6.45) is 7.19. The lowest BCUT2D eigenvalue weighted by Gasteiger charge is -2.23. The standard InChI is InChI=1S/C14H29NO3/c1-2-17-10-6-9-15-11-13(16)12-18-14-7-4-3-5-8-14/h13-16H,2-12H2,1H3. The molecule has 1 saturated carbocycles. The van der Waals surface area contributed by atoms with Crippen LogP contribution in [0.5, 0.6) is 0 Å². The summed E-state index contributed by atoms with van der Waals surface area (Å²) in [5.41, 5.74) is 0. The van der Waals surface area contributed by atoms with E-state index in [1.165, 1.54) is 19.3 Å². The minimum atomic E-state index is -0.390. The van der Waals surface area contributed by atoms with Gasteiger partial charge in [0.25, 0.3) is 0 Å². The SMILES string of the molecule is CCOCCCNCC(O)COC1CCCCC1. The topological polar surface area (TPSA) is 50.7 Å². The summed E-state index contributed by atoms with van der Waals surface area (Å²) >= 11 is 0. The van der Waals surface area contributed by atoms with Crippen molar-refractivity contribution >= 4 is 0 Å². The van der Waals surface area contributed by atoms with Crippen LogP contribution in [0.25, 0.3) is 0 Å². The summed E-state index contributed by atoms with van der Waals surface area (Å²) in [6.45, 7) is 5.53. The summed E-state index contributed by atoms with van der Waals surface area (Å²) in [6, 6.07) is 0. The van der Waals surface area contributed by atoms with Crippen molar-refractivity contribution in [1.29, 1.82) is 0 Å². The van der Waals surface area contributed by atoms with E-state index in [4.69, 9.17) is 9.47 Å². The van der Waals surface area contributed by atoms with Crippen molar-refractivity contribution in [3.05, 3.63) is 0 Å². The molecule has 4 nitrogen and oxygen atoms in total. The molecular weight excluding hydrogens is 230 g/mol. The Labute approximate surface area is 111 Å². The smallest absolute Gasteiger partial charge is 0.0897 e. The molecule has 108 valence electrons. The van der Waals surface area contributed by atoms with Crippen molar-refractivity contribution in [2.24, 2.45) is 0 Å². The third kappa shape index (κ3) is 8.03. The lowest BCUT2D eigenvalue weighted by molar-refractivity contribution is -0.0230. The van der Waals surface area contributed by atoms with Gasteiger partial charge in [-0.2, -0.15) is 0 Å². The van der Waals surface area contributed by atoms with Crippen molar-refractivity contribution in [2.45, 2.75) is 57.7 Å². The molecule has 1 rings (SSSR count). The third-order valence-electron chi connectivity index (χ3n) is 3.30. The molecule has 1 aliphatic rings.